The van der Waals surface area contributed by atoms with E-state index in [1.165, 1.54) is 0 Å². The Morgan fingerprint density at radius 1 is 1.64 bits per heavy atom. The molecule has 0 aliphatic heterocycles. The Bertz CT molecular complexity index is 317. The van der Waals surface area contributed by atoms with Crippen molar-refractivity contribution in [3.05, 3.63) is 18.0 Å². The monoisotopic (exact) mass is 195 g/mol. The molecule has 0 radical (unpaired) electrons. The Hall–Kier alpha value is -1.32. The lowest BCUT2D eigenvalue weighted by molar-refractivity contribution is -0.133. The number of rotatable bonds is 3. The predicted molar refractivity (Wildman–Crippen MR) is 54.5 cm³/mol. The minimum Gasteiger partial charge on any atom is -0.340 e. The van der Waals surface area contributed by atoms with Crippen LogP contribution in [0, 0.1) is 5.92 Å². The highest BCUT2D eigenvalue weighted by atomic mass is 16.2. The largest absolute Gasteiger partial charge is 0.340 e. The van der Waals surface area contributed by atoms with Gasteiger partial charge < -0.3 is 4.90 Å². The van der Waals surface area contributed by atoms with Gasteiger partial charge >= 0.3 is 0 Å². The number of amides is 1. The maximum absolute atomic E-state index is 11.6. The molecule has 0 spiro atoms. The Kier molecular flexibility index (Phi) is 3.28. The second kappa shape index (κ2) is 4.26. The molecule has 78 valence electrons. The summed E-state index contributed by atoms with van der Waals surface area (Å²) in [4.78, 5) is 13.3. The molecule has 1 aromatic heterocycles. The van der Waals surface area contributed by atoms with E-state index in [0.29, 0.717) is 6.54 Å². The number of nitrogens with zero attached hydrogens (tertiary/aromatic N) is 3. The van der Waals surface area contributed by atoms with Crippen molar-refractivity contribution in [3.8, 4) is 0 Å². The fourth-order valence-corrected chi connectivity index (χ4v) is 1.32. The van der Waals surface area contributed by atoms with Crippen LogP contribution in [0.3, 0.4) is 0 Å². The molecule has 0 atom stereocenters. The molecule has 0 N–H and O–H groups in total. The van der Waals surface area contributed by atoms with Gasteiger partial charge in [-0.25, -0.2) is 0 Å². The molecule has 1 rings (SSSR count). The van der Waals surface area contributed by atoms with Crippen LogP contribution in [0.15, 0.2) is 12.3 Å². The fourth-order valence-electron chi connectivity index (χ4n) is 1.32. The molecule has 1 heterocycles. The van der Waals surface area contributed by atoms with E-state index in [1.807, 2.05) is 34.0 Å². The van der Waals surface area contributed by atoms with Crippen LogP contribution in [-0.2, 0) is 18.4 Å². The molecule has 0 bridgehead atoms. The maximum atomic E-state index is 11.6. The van der Waals surface area contributed by atoms with Gasteiger partial charge in [0, 0.05) is 26.2 Å². The first kappa shape index (κ1) is 10.8. The fraction of sp³-hybridized carbons (Fsp3) is 0.600. The van der Waals surface area contributed by atoms with E-state index in [0.717, 1.165) is 5.69 Å². The molecular weight excluding hydrogens is 178 g/mol. The SMILES string of the molecule is CC(C)C(=O)N(C)Cc1ccnn1C. The van der Waals surface area contributed by atoms with E-state index in [9.17, 15) is 4.79 Å². The third-order valence-corrected chi connectivity index (χ3v) is 2.19. The highest BCUT2D eigenvalue weighted by Gasteiger charge is 2.13. The van der Waals surface area contributed by atoms with E-state index in [2.05, 4.69) is 5.10 Å². The van der Waals surface area contributed by atoms with Crippen molar-refractivity contribution in [3.63, 3.8) is 0 Å². The second-order valence-corrected chi connectivity index (χ2v) is 3.80. The van der Waals surface area contributed by atoms with Crippen LogP contribution < -0.4 is 0 Å². The normalized spacial score (nSPS) is 10.6. The molecular formula is C10H17N3O. The first-order chi connectivity index (χ1) is 6.52. The lowest BCUT2D eigenvalue weighted by Crippen LogP contribution is -2.30. The Balaban J connectivity index is 2.62. The van der Waals surface area contributed by atoms with Crippen LogP contribution in [0.2, 0.25) is 0 Å². The standard InChI is InChI=1S/C10H17N3O/c1-8(2)10(14)12(3)7-9-5-6-11-13(9)4/h5-6,8H,7H2,1-4H3. The number of carbonyl (C=O) groups is 1. The molecule has 0 aliphatic rings. The summed E-state index contributed by atoms with van der Waals surface area (Å²) < 4.78 is 1.78. The van der Waals surface area contributed by atoms with E-state index < -0.39 is 0 Å². The van der Waals surface area contributed by atoms with Gasteiger partial charge in [0.15, 0.2) is 0 Å². The van der Waals surface area contributed by atoms with E-state index >= 15 is 0 Å². The van der Waals surface area contributed by atoms with E-state index in [1.54, 1.807) is 15.8 Å². The Morgan fingerprint density at radius 3 is 2.71 bits per heavy atom. The average Bonchev–Trinajstić information content (AvgIpc) is 2.50. The van der Waals surface area contributed by atoms with Crippen LogP contribution in [0.25, 0.3) is 0 Å². The molecule has 4 nitrogen and oxygen atoms in total. The highest BCUT2D eigenvalue weighted by Crippen LogP contribution is 2.05. The van der Waals surface area contributed by atoms with Crippen LogP contribution in [-0.4, -0.2) is 27.6 Å². The number of hydrogen-bond acceptors (Lipinski definition) is 2. The summed E-state index contributed by atoms with van der Waals surface area (Å²) in [5.41, 5.74) is 1.04. The summed E-state index contributed by atoms with van der Waals surface area (Å²) in [5.74, 6) is 0.208. The zero-order chi connectivity index (χ0) is 10.7. The Labute approximate surface area is 84.5 Å². The molecule has 0 fully saturated rings. The van der Waals surface area contributed by atoms with Crippen LogP contribution in [0.5, 0.6) is 0 Å². The number of aromatic nitrogens is 2. The smallest absolute Gasteiger partial charge is 0.225 e. The third-order valence-electron chi connectivity index (χ3n) is 2.19. The summed E-state index contributed by atoms with van der Waals surface area (Å²) in [5, 5.41) is 4.05. The van der Waals surface area contributed by atoms with Gasteiger partial charge in [0.1, 0.15) is 0 Å². The van der Waals surface area contributed by atoms with Gasteiger partial charge in [-0.1, -0.05) is 13.8 Å². The van der Waals surface area contributed by atoms with Crippen molar-refractivity contribution in [2.24, 2.45) is 13.0 Å². The first-order valence-electron chi connectivity index (χ1n) is 4.74. The topological polar surface area (TPSA) is 38.1 Å². The number of carbonyl (C=O) groups excluding carboxylic acids is 1. The Morgan fingerprint density at radius 2 is 2.29 bits per heavy atom. The van der Waals surface area contributed by atoms with Gasteiger partial charge in [-0.2, -0.15) is 5.10 Å². The number of hydrogen-bond donors (Lipinski definition) is 0. The van der Waals surface area contributed by atoms with Gasteiger partial charge in [0.05, 0.1) is 12.2 Å². The minimum absolute atomic E-state index is 0.0493. The molecule has 0 saturated carbocycles. The summed E-state index contributed by atoms with van der Waals surface area (Å²) in [7, 11) is 3.69. The minimum atomic E-state index is 0.0493. The molecule has 0 saturated heterocycles. The van der Waals surface area contributed by atoms with Crippen LogP contribution in [0.1, 0.15) is 19.5 Å². The average molecular weight is 195 g/mol. The zero-order valence-corrected chi connectivity index (χ0v) is 9.19. The lowest BCUT2D eigenvalue weighted by Gasteiger charge is -2.19. The van der Waals surface area contributed by atoms with Crippen LogP contribution >= 0.6 is 0 Å². The second-order valence-electron chi connectivity index (χ2n) is 3.80. The van der Waals surface area contributed by atoms with Gasteiger partial charge in [0.25, 0.3) is 0 Å². The van der Waals surface area contributed by atoms with E-state index in [4.69, 9.17) is 0 Å². The summed E-state index contributed by atoms with van der Waals surface area (Å²) in [6.45, 7) is 4.43. The summed E-state index contributed by atoms with van der Waals surface area (Å²) in [6, 6.07) is 1.92. The molecule has 0 aromatic carbocycles. The van der Waals surface area contributed by atoms with Gasteiger partial charge in [-0.15, -0.1) is 0 Å². The number of aryl methyl sites for hydroxylation is 1. The van der Waals surface area contributed by atoms with E-state index in [-0.39, 0.29) is 11.8 Å². The van der Waals surface area contributed by atoms with Gasteiger partial charge in [0.2, 0.25) is 5.91 Å². The molecule has 1 amide bonds. The van der Waals surface area contributed by atoms with Crippen molar-refractivity contribution in [2.45, 2.75) is 20.4 Å². The molecule has 14 heavy (non-hydrogen) atoms. The van der Waals surface area contributed by atoms with Crippen molar-refractivity contribution < 1.29 is 4.79 Å². The third kappa shape index (κ3) is 2.34. The molecule has 1 aromatic rings. The zero-order valence-electron chi connectivity index (χ0n) is 9.19. The summed E-state index contributed by atoms with van der Waals surface area (Å²) >= 11 is 0. The summed E-state index contributed by atoms with van der Waals surface area (Å²) in [6.07, 6.45) is 1.74. The molecule has 0 unspecified atom stereocenters. The van der Waals surface area contributed by atoms with Crippen molar-refractivity contribution in [2.75, 3.05) is 7.05 Å². The highest BCUT2D eigenvalue weighted by molar-refractivity contribution is 5.77. The van der Waals surface area contributed by atoms with Crippen molar-refractivity contribution >= 4 is 5.91 Å². The molecule has 4 heteroatoms. The van der Waals surface area contributed by atoms with Crippen LogP contribution in [0.4, 0.5) is 0 Å². The quantitative estimate of drug-likeness (QED) is 0.722. The maximum Gasteiger partial charge on any atom is 0.225 e. The van der Waals surface area contributed by atoms with Gasteiger partial charge in [-0.3, -0.25) is 9.48 Å². The van der Waals surface area contributed by atoms with Crippen molar-refractivity contribution in [1.29, 1.82) is 0 Å². The predicted octanol–water partition coefficient (Wildman–Crippen LogP) is 1.03. The van der Waals surface area contributed by atoms with Crippen molar-refractivity contribution in [1.82, 2.24) is 14.7 Å². The molecule has 0 aliphatic carbocycles. The first-order valence-corrected chi connectivity index (χ1v) is 4.74. The lowest BCUT2D eigenvalue weighted by atomic mass is 10.2. The van der Waals surface area contributed by atoms with Gasteiger partial charge in [-0.05, 0) is 6.07 Å².